The van der Waals surface area contributed by atoms with Crippen molar-refractivity contribution in [3.8, 4) is 0 Å². The van der Waals surface area contributed by atoms with Crippen LogP contribution in [0.1, 0.15) is 18.4 Å². The van der Waals surface area contributed by atoms with Crippen molar-refractivity contribution in [2.45, 2.75) is 24.7 Å². The molecule has 2 heterocycles. The third-order valence-corrected chi connectivity index (χ3v) is 6.97. The summed E-state index contributed by atoms with van der Waals surface area (Å²) in [4.78, 5) is 5.27. The summed E-state index contributed by atoms with van der Waals surface area (Å²) in [6, 6.07) is 6.99. The van der Waals surface area contributed by atoms with Crippen LogP contribution in [0.25, 0.3) is 0 Å². The lowest BCUT2D eigenvalue weighted by Crippen LogP contribution is -2.50. The first-order valence-corrected chi connectivity index (χ1v) is 11.2. The third kappa shape index (κ3) is 5.76. The van der Waals surface area contributed by atoms with Gasteiger partial charge in [0.25, 0.3) is 0 Å². The van der Waals surface area contributed by atoms with E-state index in [1.165, 1.54) is 19.4 Å². The Morgan fingerprint density at radius 2 is 1.65 bits per heavy atom. The Bertz CT molecular complexity index is 649. The topological polar surface area (TPSA) is 64.7 Å². The van der Waals surface area contributed by atoms with E-state index in [0.717, 1.165) is 57.3 Å². The Hall–Kier alpha value is -0.990. The number of rotatable bonds is 7. The lowest BCUT2D eigenvalue weighted by Gasteiger charge is -2.37. The van der Waals surface area contributed by atoms with E-state index in [2.05, 4.69) is 19.8 Å². The van der Waals surface area contributed by atoms with E-state index < -0.39 is 10.0 Å². The highest BCUT2D eigenvalue weighted by molar-refractivity contribution is 7.89. The Kier molecular flexibility index (Phi) is 7.05. The number of piperidine rings is 1. The fourth-order valence-electron chi connectivity index (χ4n) is 3.76. The normalized spacial score (nSPS) is 21.1. The quantitative estimate of drug-likeness (QED) is 0.736. The molecule has 0 saturated carbocycles. The van der Waals surface area contributed by atoms with Gasteiger partial charge in [-0.3, -0.25) is 4.90 Å². The smallest absolute Gasteiger partial charge is 0.240 e. The highest BCUT2D eigenvalue weighted by Gasteiger charge is 2.21. The number of hydrogen-bond donors (Lipinski definition) is 2. The Morgan fingerprint density at radius 3 is 2.31 bits per heavy atom. The molecule has 0 aromatic heterocycles. The molecule has 0 spiro atoms. The van der Waals surface area contributed by atoms with Crippen LogP contribution in [0.5, 0.6) is 0 Å². The number of sulfonamides is 1. The lowest BCUT2D eigenvalue weighted by atomic mass is 9.97. The molecule has 0 radical (unpaired) electrons. The molecule has 0 bridgehead atoms. The van der Waals surface area contributed by atoms with Crippen molar-refractivity contribution in [3.63, 3.8) is 0 Å². The molecule has 3 rings (SSSR count). The van der Waals surface area contributed by atoms with Gasteiger partial charge in [0.1, 0.15) is 0 Å². The number of nitrogens with zero attached hydrogens (tertiary/aromatic N) is 2. The standard InChI is InChI=1S/C19H32N4O2S/c1-17-2-4-19(5-3-17)26(24,25)21-10-11-22-12-14-23(15-13-22)16-18-6-8-20-9-7-18/h2-5,18,20-21H,6-16H2,1H3. The van der Waals surface area contributed by atoms with Gasteiger partial charge >= 0.3 is 0 Å². The summed E-state index contributed by atoms with van der Waals surface area (Å²) in [5.41, 5.74) is 1.06. The van der Waals surface area contributed by atoms with Gasteiger partial charge < -0.3 is 10.2 Å². The zero-order chi connectivity index (χ0) is 18.4. The molecule has 2 saturated heterocycles. The second-order valence-corrected chi connectivity index (χ2v) is 9.31. The summed E-state index contributed by atoms with van der Waals surface area (Å²) in [5.74, 6) is 0.837. The average Bonchev–Trinajstić information content (AvgIpc) is 2.64. The predicted molar refractivity (Wildman–Crippen MR) is 105 cm³/mol. The number of aryl methyl sites for hydroxylation is 1. The van der Waals surface area contributed by atoms with Gasteiger partial charge in [0.15, 0.2) is 0 Å². The van der Waals surface area contributed by atoms with E-state index in [-0.39, 0.29) is 0 Å². The van der Waals surface area contributed by atoms with Crippen LogP contribution in [0.4, 0.5) is 0 Å². The van der Waals surface area contributed by atoms with Crippen molar-refractivity contribution in [3.05, 3.63) is 29.8 Å². The van der Waals surface area contributed by atoms with Gasteiger partial charge in [0.2, 0.25) is 10.0 Å². The summed E-state index contributed by atoms with van der Waals surface area (Å²) in [6.45, 7) is 11.0. The Balaban J connectivity index is 1.36. The lowest BCUT2D eigenvalue weighted by molar-refractivity contribution is 0.112. The molecule has 0 aliphatic carbocycles. The van der Waals surface area contributed by atoms with Crippen molar-refractivity contribution in [2.24, 2.45) is 5.92 Å². The molecule has 146 valence electrons. The number of nitrogens with one attached hydrogen (secondary N) is 2. The second-order valence-electron chi connectivity index (χ2n) is 7.55. The first-order chi connectivity index (χ1) is 12.5. The molecule has 1 aromatic rings. The van der Waals surface area contributed by atoms with Crippen LogP contribution >= 0.6 is 0 Å². The maximum atomic E-state index is 12.3. The summed E-state index contributed by atoms with van der Waals surface area (Å²) in [5, 5.41) is 3.43. The molecule has 2 N–H and O–H groups in total. The Morgan fingerprint density at radius 1 is 1.04 bits per heavy atom. The van der Waals surface area contributed by atoms with Gasteiger partial charge in [0, 0.05) is 45.8 Å². The minimum atomic E-state index is -3.40. The molecule has 2 fully saturated rings. The SMILES string of the molecule is Cc1ccc(S(=O)(=O)NCCN2CCN(CC3CCNCC3)CC2)cc1. The number of hydrogen-bond acceptors (Lipinski definition) is 5. The van der Waals surface area contributed by atoms with Crippen molar-refractivity contribution in [1.82, 2.24) is 19.8 Å². The van der Waals surface area contributed by atoms with Crippen molar-refractivity contribution in [2.75, 3.05) is 58.9 Å². The largest absolute Gasteiger partial charge is 0.317 e. The average molecular weight is 381 g/mol. The first-order valence-electron chi connectivity index (χ1n) is 9.75. The van der Waals surface area contributed by atoms with Crippen LogP contribution < -0.4 is 10.0 Å². The molecule has 26 heavy (non-hydrogen) atoms. The molecule has 2 aliphatic rings. The highest BCUT2D eigenvalue weighted by atomic mass is 32.2. The molecule has 2 aliphatic heterocycles. The van der Waals surface area contributed by atoms with E-state index in [1.54, 1.807) is 12.1 Å². The van der Waals surface area contributed by atoms with E-state index >= 15 is 0 Å². The summed E-state index contributed by atoms with van der Waals surface area (Å²) in [7, 11) is -3.40. The van der Waals surface area contributed by atoms with Crippen LogP contribution in [0.2, 0.25) is 0 Å². The van der Waals surface area contributed by atoms with Gasteiger partial charge in [0.05, 0.1) is 4.90 Å². The minimum absolute atomic E-state index is 0.342. The van der Waals surface area contributed by atoms with Crippen LogP contribution in [-0.4, -0.2) is 77.1 Å². The fraction of sp³-hybridized carbons (Fsp3) is 0.684. The highest BCUT2D eigenvalue weighted by Crippen LogP contribution is 2.15. The minimum Gasteiger partial charge on any atom is -0.317 e. The fourth-order valence-corrected chi connectivity index (χ4v) is 4.78. The molecule has 6 nitrogen and oxygen atoms in total. The van der Waals surface area contributed by atoms with E-state index in [0.29, 0.717) is 11.4 Å². The van der Waals surface area contributed by atoms with Crippen molar-refractivity contribution in [1.29, 1.82) is 0 Å². The molecule has 0 atom stereocenters. The molecule has 7 heteroatoms. The van der Waals surface area contributed by atoms with Gasteiger partial charge in [-0.15, -0.1) is 0 Å². The molecular formula is C19H32N4O2S. The van der Waals surface area contributed by atoms with Crippen LogP contribution in [0, 0.1) is 12.8 Å². The summed E-state index contributed by atoms with van der Waals surface area (Å²) in [6.07, 6.45) is 2.59. The molecule has 1 aromatic carbocycles. The third-order valence-electron chi connectivity index (χ3n) is 5.49. The summed E-state index contributed by atoms with van der Waals surface area (Å²) >= 11 is 0. The predicted octanol–water partition coefficient (Wildman–Crippen LogP) is 0.891. The Labute approximate surface area is 158 Å². The van der Waals surface area contributed by atoms with Crippen LogP contribution in [0.3, 0.4) is 0 Å². The van der Waals surface area contributed by atoms with Gasteiger partial charge in [-0.2, -0.15) is 0 Å². The summed E-state index contributed by atoms with van der Waals surface area (Å²) < 4.78 is 27.4. The maximum absolute atomic E-state index is 12.3. The van der Waals surface area contributed by atoms with Gasteiger partial charge in [-0.25, -0.2) is 13.1 Å². The van der Waals surface area contributed by atoms with Gasteiger partial charge in [-0.05, 0) is 50.9 Å². The second kappa shape index (κ2) is 9.28. The zero-order valence-electron chi connectivity index (χ0n) is 15.8. The monoisotopic (exact) mass is 380 g/mol. The van der Waals surface area contributed by atoms with Gasteiger partial charge in [-0.1, -0.05) is 17.7 Å². The van der Waals surface area contributed by atoms with Crippen LogP contribution in [-0.2, 0) is 10.0 Å². The number of piperazine rings is 1. The molecule has 0 amide bonds. The van der Waals surface area contributed by atoms with E-state index in [1.807, 2.05) is 19.1 Å². The molecule has 0 unspecified atom stereocenters. The first kappa shape index (κ1) is 19.8. The van der Waals surface area contributed by atoms with E-state index in [4.69, 9.17) is 0 Å². The van der Waals surface area contributed by atoms with E-state index in [9.17, 15) is 8.42 Å². The van der Waals surface area contributed by atoms with Crippen molar-refractivity contribution < 1.29 is 8.42 Å². The maximum Gasteiger partial charge on any atom is 0.240 e. The van der Waals surface area contributed by atoms with Crippen molar-refractivity contribution >= 4 is 10.0 Å². The molecular weight excluding hydrogens is 348 g/mol. The number of benzene rings is 1. The van der Waals surface area contributed by atoms with Crippen LogP contribution in [0.15, 0.2) is 29.2 Å². The zero-order valence-corrected chi connectivity index (χ0v) is 16.6.